The summed E-state index contributed by atoms with van der Waals surface area (Å²) in [4.78, 5) is 0. The molecule has 1 aromatic heterocycles. The molecule has 0 spiro atoms. The fourth-order valence-corrected chi connectivity index (χ4v) is 4.05. The molecule has 32 heavy (non-hydrogen) atoms. The maximum absolute atomic E-state index is 13.4. The molecule has 2 aromatic carbocycles. The van der Waals surface area contributed by atoms with Gasteiger partial charge in [-0.05, 0) is 86.4 Å². The minimum Gasteiger partial charge on any atom is -0.393 e. The third kappa shape index (κ3) is 6.64. The van der Waals surface area contributed by atoms with E-state index in [0.717, 1.165) is 43.5 Å². The van der Waals surface area contributed by atoms with Crippen LogP contribution in [0, 0.1) is 11.7 Å². The Morgan fingerprint density at radius 3 is 2.53 bits per heavy atom. The van der Waals surface area contributed by atoms with E-state index >= 15 is 0 Å². The third-order valence-corrected chi connectivity index (χ3v) is 6.03. The fourth-order valence-electron chi connectivity index (χ4n) is 4.05. The zero-order valence-electron chi connectivity index (χ0n) is 19.5. The van der Waals surface area contributed by atoms with E-state index in [1.165, 1.54) is 28.8 Å². The number of benzene rings is 2. The van der Waals surface area contributed by atoms with Crippen LogP contribution in [0.5, 0.6) is 0 Å². The summed E-state index contributed by atoms with van der Waals surface area (Å²) < 4.78 is 15.3. The lowest BCUT2D eigenvalue weighted by Crippen LogP contribution is -2.20. The average molecular weight is 435 g/mol. The molecule has 0 amide bonds. The van der Waals surface area contributed by atoms with E-state index in [9.17, 15) is 9.50 Å². The molecule has 3 nitrogen and oxygen atoms in total. The number of allylic oxidation sites excluding steroid dienone is 1. The number of hydrogen-bond acceptors (Lipinski definition) is 2. The minimum atomic E-state index is -0.322. The molecule has 3 aromatic rings. The second kappa shape index (κ2) is 11.8. The molecule has 2 atom stereocenters. The van der Waals surface area contributed by atoms with E-state index in [1.807, 2.05) is 29.1 Å². The van der Waals surface area contributed by atoms with Crippen LogP contribution in [0.4, 0.5) is 4.39 Å². The first-order valence-electron chi connectivity index (χ1n) is 11.7. The number of aliphatic hydroxyl groups is 1. The van der Waals surface area contributed by atoms with Gasteiger partial charge in [-0.1, -0.05) is 56.2 Å². The topological polar surface area (TPSA) is 38.0 Å². The highest BCUT2D eigenvalue weighted by Crippen LogP contribution is 2.23. The van der Waals surface area contributed by atoms with Crippen LogP contribution in [0.25, 0.3) is 11.8 Å². The normalized spacial score (nSPS) is 13.8. The standard InChI is InChI=1S/C28H35FN2O/c1-4-9-24-20-30-31(26-16-14-25(29)15-17-26)27(24)18-21(2)10-8-11-22(3)28(32)19-23-12-6-5-7-13-23/h5-7,12-18,20,22,28,32H,4,8-11,19H2,1-3H3/b21-18+/t22-,28+/m1/s1. The Bertz CT molecular complexity index is 992. The molecule has 0 unspecified atom stereocenters. The molecule has 0 saturated heterocycles. The Kier molecular flexibility index (Phi) is 8.81. The minimum absolute atomic E-state index is 0.244. The van der Waals surface area contributed by atoms with Crippen molar-refractivity contribution >= 4 is 6.08 Å². The highest BCUT2D eigenvalue weighted by atomic mass is 19.1. The van der Waals surface area contributed by atoms with E-state index in [2.05, 4.69) is 44.1 Å². The van der Waals surface area contributed by atoms with Gasteiger partial charge in [-0.3, -0.25) is 0 Å². The average Bonchev–Trinajstić information content (AvgIpc) is 3.17. The Hall–Kier alpha value is -2.72. The Labute approximate surface area is 191 Å². The second-order valence-electron chi connectivity index (χ2n) is 8.81. The lowest BCUT2D eigenvalue weighted by atomic mass is 9.92. The maximum Gasteiger partial charge on any atom is 0.123 e. The van der Waals surface area contributed by atoms with Gasteiger partial charge in [0.25, 0.3) is 0 Å². The van der Waals surface area contributed by atoms with Gasteiger partial charge in [0.05, 0.1) is 23.7 Å². The van der Waals surface area contributed by atoms with Crippen molar-refractivity contribution in [3.63, 3.8) is 0 Å². The van der Waals surface area contributed by atoms with E-state index in [4.69, 9.17) is 0 Å². The van der Waals surface area contributed by atoms with Gasteiger partial charge in [0.2, 0.25) is 0 Å². The molecule has 3 rings (SSSR count). The highest BCUT2D eigenvalue weighted by Gasteiger charge is 2.15. The third-order valence-electron chi connectivity index (χ3n) is 6.03. The first-order valence-corrected chi connectivity index (χ1v) is 11.7. The lowest BCUT2D eigenvalue weighted by molar-refractivity contribution is 0.111. The zero-order valence-corrected chi connectivity index (χ0v) is 19.5. The van der Waals surface area contributed by atoms with E-state index < -0.39 is 0 Å². The maximum atomic E-state index is 13.4. The molecule has 0 fully saturated rings. The van der Waals surface area contributed by atoms with Crippen LogP contribution in [0.3, 0.4) is 0 Å². The fraction of sp³-hybridized carbons (Fsp3) is 0.393. The van der Waals surface area contributed by atoms with E-state index in [0.29, 0.717) is 6.42 Å². The van der Waals surface area contributed by atoms with Crippen LogP contribution in [-0.4, -0.2) is 21.0 Å². The number of halogens is 1. The summed E-state index contributed by atoms with van der Waals surface area (Å²) in [6, 6.07) is 16.7. The van der Waals surface area contributed by atoms with Gasteiger partial charge in [0, 0.05) is 0 Å². The van der Waals surface area contributed by atoms with Gasteiger partial charge in [-0.2, -0.15) is 5.10 Å². The van der Waals surface area contributed by atoms with Gasteiger partial charge in [0.15, 0.2) is 0 Å². The van der Waals surface area contributed by atoms with Crippen molar-refractivity contribution < 1.29 is 9.50 Å². The van der Waals surface area contributed by atoms with Crippen LogP contribution in [0.1, 0.15) is 63.3 Å². The quantitative estimate of drug-likeness (QED) is 0.361. The van der Waals surface area contributed by atoms with Crippen LogP contribution in [-0.2, 0) is 12.8 Å². The number of nitrogens with zero attached hydrogens (tertiary/aromatic N) is 2. The largest absolute Gasteiger partial charge is 0.393 e. The smallest absolute Gasteiger partial charge is 0.123 e. The van der Waals surface area contributed by atoms with Gasteiger partial charge in [-0.15, -0.1) is 0 Å². The molecule has 0 bridgehead atoms. The van der Waals surface area contributed by atoms with Crippen LogP contribution < -0.4 is 0 Å². The van der Waals surface area contributed by atoms with Gasteiger partial charge < -0.3 is 5.11 Å². The molecular formula is C28H35FN2O. The predicted molar refractivity (Wildman–Crippen MR) is 130 cm³/mol. The summed E-state index contributed by atoms with van der Waals surface area (Å²) in [7, 11) is 0. The molecule has 0 radical (unpaired) electrons. The van der Waals surface area contributed by atoms with Crippen LogP contribution in [0.2, 0.25) is 0 Å². The highest BCUT2D eigenvalue weighted by molar-refractivity contribution is 5.55. The first-order chi connectivity index (χ1) is 15.5. The molecule has 1 N–H and O–H groups in total. The van der Waals surface area contributed by atoms with Crippen molar-refractivity contribution in [1.29, 1.82) is 0 Å². The first kappa shape index (κ1) is 23.9. The predicted octanol–water partition coefficient (Wildman–Crippen LogP) is 6.78. The Morgan fingerprint density at radius 1 is 1.12 bits per heavy atom. The number of aliphatic hydroxyl groups excluding tert-OH is 1. The molecule has 170 valence electrons. The van der Waals surface area contributed by atoms with Crippen molar-refractivity contribution in [2.75, 3.05) is 0 Å². The van der Waals surface area contributed by atoms with Crippen molar-refractivity contribution in [2.45, 2.75) is 65.4 Å². The monoisotopic (exact) mass is 434 g/mol. The summed E-state index contributed by atoms with van der Waals surface area (Å²) in [6.07, 6.45) is 9.52. The van der Waals surface area contributed by atoms with E-state index in [-0.39, 0.29) is 17.8 Å². The summed E-state index contributed by atoms with van der Waals surface area (Å²) in [5.74, 6) is 0.00920. The molecule has 0 saturated carbocycles. The number of aryl methyl sites for hydroxylation is 1. The van der Waals surface area contributed by atoms with E-state index in [1.54, 1.807) is 12.1 Å². The number of aromatic nitrogens is 2. The number of hydrogen-bond donors (Lipinski definition) is 1. The van der Waals surface area contributed by atoms with Crippen molar-refractivity contribution in [3.05, 3.63) is 89.0 Å². The molecule has 0 aliphatic rings. The summed E-state index contributed by atoms with van der Waals surface area (Å²) in [5, 5.41) is 15.1. The zero-order chi connectivity index (χ0) is 22.9. The van der Waals surface area contributed by atoms with Gasteiger partial charge in [0.1, 0.15) is 5.82 Å². The Morgan fingerprint density at radius 2 is 1.84 bits per heavy atom. The molecule has 0 aliphatic carbocycles. The van der Waals surface area contributed by atoms with Crippen molar-refractivity contribution in [2.24, 2.45) is 5.92 Å². The van der Waals surface area contributed by atoms with Crippen molar-refractivity contribution in [3.8, 4) is 5.69 Å². The Balaban J connectivity index is 1.62. The van der Waals surface area contributed by atoms with Crippen molar-refractivity contribution in [1.82, 2.24) is 9.78 Å². The van der Waals surface area contributed by atoms with Crippen LogP contribution >= 0.6 is 0 Å². The van der Waals surface area contributed by atoms with Crippen LogP contribution in [0.15, 0.2) is 66.4 Å². The molecule has 1 heterocycles. The SMILES string of the molecule is CCCc1cnn(-c2ccc(F)cc2)c1/C=C(\C)CCC[C@@H](C)[C@@H](O)Cc1ccccc1. The lowest BCUT2D eigenvalue weighted by Gasteiger charge is -2.19. The van der Waals surface area contributed by atoms with Gasteiger partial charge in [-0.25, -0.2) is 9.07 Å². The number of rotatable bonds is 11. The molecule has 4 heteroatoms. The molecular weight excluding hydrogens is 399 g/mol. The van der Waals surface area contributed by atoms with Gasteiger partial charge >= 0.3 is 0 Å². The summed E-state index contributed by atoms with van der Waals surface area (Å²) in [6.45, 7) is 6.45. The summed E-state index contributed by atoms with van der Waals surface area (Å²) in [5.41, 5.74) is 5.62. The summed E-state index contributed by atoms with van der Waals surface area (Å²) >= 11 is 0. The molecule has 0 aliphatic heterocycles. The second-order valence-corrected chi connectivity index (χ2v) is 8.81.